The maximum atomic E-state index is 12.1. The second-order valence-electron chi connectivity index (χ2n) is 6.84. The Morgan fingerprint density at radius 2 is 2.00 bits per heavy atom. The molecule has 0 spiro atoms. The summed E-state index contributed by atoms with van der Waals surface area (Å²) in [5.74, 6) is 0.997. The molecule has 4 nitrogen and oxygen atoms in total. The summed E-state index contributed by atoms with van der Waals surface area (Å²) in [5, 5.41) is 11.9. The molecule has 2 N–H and O–H groups in total. The summed E-state index contributed by atoms with van der Waals surface area (Å²) in [4.78, 5) is 12.1. The van der Waals surface area contributed by atoms with Crippen molar-refractivity contribution in [3.8, 4) is 5.75 Å². The molecule has 0 heterocycles. The van der Waals surface area contributed by atoms with Crippen molar-refractivity contribution in [2.75, 3.05) is 13.2 Å². The van der Waals surface area contributed by atoms with Gasteiger partial charge in [-0.2, -0.15) is 0 Å². The second-order valence-corrected chi connectivity index (χ2v) is 6.84. The average molecular weight is 307 g/mol. The van der Waals surface area contributed by atoms with Crippen molar-refractivity contribution in [1.29, 1.82) is 0 Å². The van der Waals surface area contributed by atoms with E-state index in [0.717, 1.165) is 0 Å². The molecule has 0 fully saturated rings. The fraction of sp³-hybridized carbons (Fsp3) is 0.611. The maximum Gasteiger partial charge on any atom is 0.260 e. The van der Waals surface area contributed by atoms with Gasteiger partial charge in [0.25, 0.3) is 5.91 Å². The van der Waals surface area contributed by atoms with Crippen LogP contribution in [-0.4, -0.2) is 30.3 Å². The number of aliphatic hydroxyl groups is 1. The number of amides is 1. The van der Waals surface area contributed by atoms with Gasteiger partial charge in [0.15, 0.2) is 6.10 Å². The van der Waals surface area contributed by atoms with Crippen LogP contribution in [0.3, 0.4) is 0 Å². The van der Waals surface area contributed by atoms with E-state index < -0.39 is 6.10 Å². The number of hydrogen-bond acceptors (Lipinski definition) is 3. The monoisotopic (exact) mass is 307 g/mol. The molecule has 1 amide bonds. The van der Waals surface area contributed by atoms with Crippen LogP contribution in [0.1, 0.15) is 52.5 Å². The first-order valence-corrected chi connectivity index (χ1v) is 7.90. The smallest absolute Gasteiger partial charge is 0.260 e. The molecule has 22 heavy (non-hydrogen) atoms. The molecule has 1 aromatic carbocycles. The zero-order chi connectivity index (χ0) is 16.8. The lowest BCUT2D eigenvalue weighted by Gasteiger charge is -2.25. The van der Waals surface area contributed by atoms with Gasteiger partial charge in [0.05, 0.1) is 0 Å². The Hall–Kier alpha value is -1.55. The topological polar surface area (TPSA) is 58.6 Å². The summed E-state index contributed by atoms with van der Waals surface area (Å²) in [6.45, 7) is 10.7. The molecule has 124 valence electrons. The molecule has 0 aromatic heterocycles. The lowest BCUT2D eigenvalue weighted by Crippen LogP contribution is -2.41. The van der Waals surface area contributed by atoms with Crippen molar-refractivity contribution >= 4 is 5.91 Å². The summed E-state index contributed by atoms with van der Waals surface area (Å²) in [5.41, 5.74) is 1.07. The Balaban J connectivity index is 2.56. The summed E-state index contributed by atoms with van der Waals surface area (Å²) >= 11 is 0. The Labute approximate surface area is 133 Å². The first-order valence-electron chi connectivity index (χ1n) is 7.90. The van der Waals surface area contributed by atoms with Gasteiger partial charge in [-0.25, -0.2) is 0 Å². The zero-order valence-corrected chi connectivity index (χ0v) is 14.3. The summed E-state index contributed by atoms with van der Waals surface area (Å²) in [7, 11) is 0. The van der Waals surface area contributed by atoms with Gasteiger partial charge >= 0.3 is 0 Å². The van der Waals surface area contributed by atoms with E-state index >= 15 is 0 Å². The van der Waals surface area contributed by atoms with Crippen LogP contribution in [-0.2, 0) is 4.79 Å². The lowest BCUT2D eigenvalue weighted by atomic mass is 9.90. The van der Waals surface area contributed by atoms with Crippen molar-refractivity contribution in [3.63, 3.8) is 0 Å². The second kappa shape index (κ2) is 8.18. The van der Waals surface area contributed by atoms with Crippen molar-refractivity contribution in [3.05, 3.63) is 29.8 Å². The van der Waals surface area contributed by atoms with Crippen LogP contribution < -0.4 is 10.1 Å². The standard InChI is InChI=1S/C18H29NO3/c1-13(2)15-7-6-8-16(11-15)22-14(3)17(21)19-12-18(4,5)9-10-20/h6-8,11,13-14,20H,9-10,12H2,1-5H3,(H,19,21). The van der Waals surface area contributed by atoms with E-state index in [4.69, 9.17) is 9.84 Å². The fourth-order valence-electron chi connectivity index (χ4n) is 2.07. The number of benzene rings is 1. The molecule has 0 saturated heterocycles. The largest absolute Gasteiger partial charge is 0.481 e. The van der Waals surface area contributed by atoms with Crippen molar-refractivity contribution < 1.29 is 14.6 Å². The van der Waals surface area contributed by atoms with E-state index in [1.807, 2.05) is 32.0 Å². The van der Waals surface area contributed by atoms with Gasteiger partial charge in [-0.3, -0.25) is 4.79 Å². The van der Waals surface area contributed by atoms with E-state index in [9.17, 15) is 4.79 Å². The number of aliphatic hydroxyl groups excluding tert-OH is 1. The lowest BCUT2D eigenvalue weighted by molar-refractivity contribution is -0.127. The van der Waals surface area contributed by atoms with Crippen LogP contribution >= 0.6 is 0 Å². The van der Waals surface area contributed by atoms with Crippen LogP contribution in [0.2, 0.25) is 0 Å². The highest BCUT2D eigenvalue weighted by molar-refractivity contribution is 5.80. The van der Waals surface area contributed by atoms with Gasteiger partial charge in [0.1, 0.15) is 5.75 Å². The number of carbonyl (C=O) groups excluding carboxylic acids is 1. The first kappa shape index (κ1) is 18.5. The summed E-state index contributed by atoms with van der Waals surface area (Å²) in [6, 6.07) is 7.84. The van der Waals surface area contributed by atoms with Crippen LogP contribution in [0.25, 0.3) is 0 Å². The minimum Gasteiger partial charge on any atom is -0.481 e. The van der Waals surface area contributed by atoms with Gasteiger partial charge in [0, 0.05) is 13.2 Å². The Morgan fingerprint density at radius 3 is 2.59 bits per heavy atom. The number of carbonyl (C=O) groups is 1. The number of hydrogen-bond donors (Lipinski definition) is 2. The highest BCUT2D eigenvalue weighted by atomic mass is 16.5. The molecule has 1 rings (SSSR count). The molecule has 1 atom stereocenters. The molecule has 0 aliphatic carbocycles. The normalized spacial score (nSPS) is 13.0. The molecular weight excluding hydrogens is 278 g/mol. The van der Waals surface area contributed by atoms with Crippen LogP contribution in [0.15, 0.2) is 24.3 Å². The van der Waals surface area contributed by atoms with Crippen molar-refractivity contribution in [2.24, 2.45) is 5.41 Å². The quantitative estimate of drug-likeness (QED) is 0.776. The van der Waals surface area contributed by atoms with Gasteiger partial charge in [-0.1, -0.05) is 39.8 Å². The van der Waals surface area contributed by atoms with Crippen LogP contribution in [0.4, 0.5) is 0 Å². The van der Waals surface area contributed by atoms with E-state index in [0.29, 0.717) is 24.6 Å². The third-order valence-corrected chi connectivity index (χ3v) is 3.74. The third-order valence-electron chi connectivity index (χ3n) is 3.74. The minimum atomic E-state index is -0.549. The van der Waals surface area contributed by atoms with Crippen molar-refractivity contribution in [2.45, 2.75) is 53.1 Å². The van der Waals surface area contributed by atoms with Gasteiger partial charge in [-0.15, -0.1) is 0 Å². The highest BCUT2D eigenvalue weighted by Crippen LogP contribution is 2.21. The molecular formula is C18H29NO3. The predicted octanol–water partition coefficient (Wildman–Crippen LogP) is 3.10. The molecule has 0 aliphatic rings. The summed E-state index contributed by atoms with van der Waals surface area (Å²) < 4.78 is 5.73. The number of ether oxygens (including phenoxy) is 1. The third kappa shape index (κ3) is 6.06. The van der Waals surface area contributed by atoms with Crippen LogP contribution in [0, 0.1) is 5.41 Å². The average Bonchev–Trinajstić information content (AvgIpc) is 2.45. The molecule has 0 aliphatic heterocycles. The molecule has 0 radical (unpaired) electrons. The van der Waals surface area contributed by atoms with E-state index in [2.05, 4.69) is 25.2 Å². The Bertz CT molecular complexity index is 483. The molecule has 1 unspecified atom stereocenters. The van der Waals surface area contributed by atoms with Gasteiger partial charge < -0.3 is 15.2 Å². The van der Waals surface area contributed by atoms with E-state index in [-0.39, 0.29) is 17.9 Å². The minimum absolute atomic E-state index is 0.122. The highest BCUT2D eigenvalue weighted by Gasteiger charge is 2.21. The number of rotatable bonds is 8. The van der Waals surface area contributed by atoms with E-state index in [1.165, 1.54) is 5.56 Å². The zero-order valence-electron chi connectivity index (χ0n) is 14.3. The van der Waals surface area contributed by atoms with Crippen molar-refractivity contribution in [1.82, 2.24) is 5.32 Å². The molecule has 1 aromatic rings. The van der Waals surface area contributed by atoms with Gasteiger partial charge in [-0.05, 0) is 42.4 Å². The molecule has 4 heteroatoms. The Morgan fingerprint density at radius 1 is 1.32 bits per heavy atom. The maximum absolute atomic E-state index is 12.1. The van der Waals surface area contributed by atoms with Gasteiger partial charge in [0.2, 0.25) is 0 Å². The van der Waals surface area contributed by atoms with Crippen LogP contribution in [0.5, 0.6) is 5.75 Å². The molecule has 0 saturated carbocycles. The fourth-order valence-corrected chi connectivity index (χ4v) is 2.07. The molecule has 0 bridgehead atoms. The number of nitrogens with one attached hydrogen (secondary N) is 1. The summed E-state index contributed by atoms with van der Waals surface area (Å²) in [6.07, 6.45) is 0.103. The Kier molecular flexibility index (Phi) is 6.88. The predicted molar refractivity (Wildman–Crippen MR) is 89.1 cm³/mol. The van der Waals surface area contributed by atoms with E-state index in [1.54, 1.807) is 6.92 Å². The SMILES string of the molecule is CC(Oc1cccc(C(C)C)c1)C(=O)NCC(C)(C)CCO. The first-order chi connectivity index (χ1) is 10.2.